The third-order valence-corrected chi connectivity index (χ3v) is 4.51. The van der Waals surface area contributed by atoms with Crippen LogP contribution in [0.15, 0.2) is 64.6 Å². The van der Waals surface area contributed by atoms with Crippen molar-refractivity contribution in [3.63, 3.8) is 0 Å². The molecule has 3 heterocycles. The SMILES string of the molecule is COc1ccccc1C1CC1.O=c1[nH]cc(-c2ccc3nccn3n2)c(=O)[nH]1. The van der Waals surface area contributed by atoms with E-state index < -0.39 is 11.2 Å². The third kappa shape index (κ3) is 3.71. The molecule has 142 valence electrons. The molecule has 4 aromatic rings. The summed E-state index contributed by atoms with van der Waals surface area (Å²) in [4.78, 5) is 31.1. The number of nitrogens with zero attached hydrogens (tertiary/aromatic N) is 3. The van der Waals surface area contributed by atoms with Crippen LogP contribution in [-0.2, 0) is 0 Å². The van der Waals surface area contributed by atoms with Crippen molar-refractivity contribution in [2.75, 3.05) is 7.11 Å². The Morgan fingerprint density at radius 2 is 1.96 bits per heavy atom. The van der Waals surface area contributed by atoms with Crippen LogP contribution < -0.4 is 16.0 Å². The second-order valence-electron chi connectivity index (χ2n) is 6.45. The number of aromatic amines is 2. The van der Waals surface area contributed by atoms with Crippen molar-refractivity contribution >= 4 is 5.65 Å². The van der Waals surface area contributed by atoms with Gasteiger partial charge in [0.05, 0.1) is 18.4 Å². The number of imidazole rings is 1. The van der Waals surface area contributed by atoms with E-state index in [4.69, 9.17) is 4.74 Å². The molecule has 0 unspecified atom stereocenters. The second kappa shape index (κ2) is 7.51. The summed E-state index contributed by atoms with van der Waals surface area (Å²) in [5, 5.41) is 4.21. The van der Waals surface area contributed by atoms with E-state index in [2.05, 4.69) is 32.2 Å². The molecule has 5 rings (SSSR count). The monoisotopic (exact) mass is 377 g/mol. The van der Waals surface area contributed by atoms with E-state index in [9.17, 15) is 9.59 Å². The third-order valence-electron chi connectivity index (χ3n) is 4.51. The molecule has 1 saturated carbocycles. The number of hydrogen-bond acceptors (Lipinski definition) is 5. The molecule has 8 nitrogen and oxygen atoms in total. The number of para-hydroxylation sites is 1. The van der Waals surface area contributed by atoms with Crippen molar-refractivity contribution < 1.29 is 4.74 Å². The van der Waals surface area contributed by atoms with Crippen molar-refractivity contribution in [2.24, 2.45) is 0 Å². The van der Waals surface area contributed by atoms with E-state index >= 15 is 0 Å². The van der Waals surface area contributed by atoms with E-state index in [1.165, 1.54) is 24.6 Å². The molecule has 0 saturated heterocycles. The summed E-state index contributed by atoms with van der Waals surface area (Å²) in [5.74, 6) is 1.83. The lowest BCUT2D eigenvalue weighted by molar-refractivity contribution is 0.410. The Balaban J connectivity index is 0.000000151. The predicted molar refractivity (Wildman–Crippen MR) is 105 cm³/mol. The fourth-order valence-electron chi connectivity index (χ4n) is 2.96. The van der Waals surface area contributed by atoms with Crippen molar-refractivity contribution in [3.8, 4) is 17.0 Å². The van der Waals surface area contributed by atoms with Crippen molar-refractivity contribution in [3.05, 3.63) is 81.4 Å². The molecule has 28 heavy (non-hydrogen) atoms. The van der Waals surface area contributed by atoms with Crippen molar-refractivity contribution in [1.82, 2.24) is 24.6 Å². The lowest BCUT2D eigenvalue weighted by Crippen LogP contribution is -2.22. The highest BCUT2D eigenvalue weighted by molar-refractivity contribution is 5.57. The highest BCUT2D eigenvalue weighted by Gasteiger charge is 2.25. The van der Waals surface area contributed by atoms with Crippen LogP contribution in [0.2, 0.25) is 0 Å². The van der Waals surface area contributed by atoms with Gasteiger partial charge in [-0.2, -0.15) is 5.10 Å². The molecule has 1 aliphatic carbocycles. The Hall–Kier alpha value is -3.68. The Morgan fingerprint density at radius 1 is 1.14 bits per heavy atom. The first-order valence-corrected chi connectivity index (χ1v) is 8.91. The van der Waals surface area contributed by atoms with E-state index in [0.717, 1.165) is 11.7 Å². The maximum Gasteiger partial charge on any atom is 0.325 e. The molecule has 0 bridgehead atoms. The number of H-pyrrole nitrogens is 2. The number of aromatic nitrogens is 5. The summed E-state index contributed by atoms with van der Waals surface area (Å²) in [6.07, 6.45) is 7.30. The topological polar surface area (TPSA) is 105 Å². The Kier molecular flexibility index (Phi) is 4.76. The van der Waals surface area contributed by atoms with Gasteiger partial charge >= 0.3 is 5.69 Å². The lowest BCUT2D eigenvalue weighted by atomic mass is 10.1. The normalized spacial score (nSPS) is 13.0. The van der Waals surface area contributed by atoms with Crippen molar-refractivity contribution in [1.29, 1.82) is 0 Å². The maximum atomic E-state index is 11.6. The summed E-state index contributed by atoms with van der Waals surface area (Å²) < 4.78 is 6.80. The van der Waals surface area contributed by atoms with Crippen LogP contribution in [0.5, 0.6) is 5.75 Å². The summed E-state index contributed by atoms with van der Waals surface area (Å²) >= 11 is 0. The van der Waals surface area contributed by atoms with Gasteiger partial charge in [-0.25, -0.2) is 14.3 Å². The van der Waals surface area contributed by atoms with Gasteiger partial charge in [0.1, 0.15) is 5.75 Å². The van der Waals surface area contributed by atoms with Crippen LogP contribution in [0.4, 0.5) is 0 Å². The number of nitrogens with one attached hydrogen (secondary N) is 2. The zero-order valence-corrected chi connectivity index (χ0v) is 15.3. The zero-order chi connectivity index (χ0) is 19.5. The van der Waals surface area contributed by atoms with Gasteiger partial charge < -0.3 is 9.72 Å². The van der Waals surface area contributed by atoms with E-state index in [-0.39, 0.29) is 0 Å². The summed E-state index contributed by atoms with van der Waals surface area (Å²) in [6.45, 7) is 0. The first-order chi connectivity index (χ1) is 13.7. The molecule has 1 aromatic carbocycles. The molecule has 3 aromatic heterocycles. The fraction of sp³-hybridized carbons (Fsp3) is 0.200. The fourth-order valence-corrected chi connectivity index (χ4v) is 2.96. The largest absolute Gasteiger partial charge is 0.496 e. The Morgan fingerprint density at radius 3 is 2.71 bits per heavy atom. The average Bonchev–Trinajstić information content (AvgIpc) is 3.45. The number of benzene rings is 1. The highest BCUT2D eigenvalue weighted by Crippen LogP contribution is 2.43. The summed E-state index contributed by atoms with van der Waals surface area (Å²) in [7, 11) is 1.74. The van der Waals surface area contributed by atoms with Gasteiger partial charge in [0.2, 0.25) is 0 Å². The van der Waals surface area contributed by atoms with Crippen LogP contribution in [-0.4, -0.2) is 31.7 Å². The first-order valence-electron chi connectivity index (χ1n) is 8.91. The molecule has 0 radical (unpaired) electrons. The number of hydrogen-bond donors (Lipinski definition) is 2. The van der Waals surface area contributed by atoms with Gasteiger partial charge in [-0.05, 0) is 42.5 Å². The van der Waals surface area contributed by atoms with Crippen LogP contribution in [0.3, 0.4) is 0 Å². The molecule has 0 spiro atoms. The summed E-state index contributed by atoms with van der Waals surface area (Å²) in [6, 6.07) is 11.7. The van der Waals surface area contributed by atoms with Gasteiger partial charge in [0, 0.05) is 18.6 Å². The lowest BCUT2D eigenvalue weighted by Gasteiger charge is -2.05. The molecule has 1 fully saturated rings. The highest BCUT2D eigenvalue weighted by atomic mass is 16.5. The van der Waals surface area contributed by atoms with Gasteiger partial charge in [-0.1, -0.05) is 18.2 Å². The Bertz CT molecular complexity index is 1220. The van der Waals surface area contributed by atoms with Gasteiger partial charge in [-0.15, -0.1) is 0 Å². The molecule has 2 N–H and O–H groups in total. The predicted octanol–water partition coefficient (Wildman–Crippen LogP) is 2.35. The molecular formula is C20H19N5O3. The summed E-state index contributed by atoms with van der Waals surface area (Å²) in [5.41, 5.74) is 1.83. The van der Waals surface area contributed by atoms with Gasteiger partial charge in [0.15, 0.2) is 5.65 Å². The second-order valence-corrected chi connectivity index (χ2v) is 6.45. The molecular weight excluding hydrogens is 358 g/mol. The van der Waals surface area contributed by atoms with Crippen LogP contribution >= 0.6 is 0 Å². The number of rotatable bonds is 3. The quantitative estimate of drug-likeness (QED) is 0.570. The van der Waals surface area contributed by atoms with Crippen molar-refractivity contribution in [2.45, 2.75) is 18.8 Å². The molecule has 0 amide bonds. The van der Waals surface area contributed by atoms with E-state index in [1.54, 1.807) is 36.2 Å². The van der Waals surface area contributed by atoms with Gasteiger partial charge in [0.25, 0.3) is 5.56 Å². The minimum Gasteiger partial charge on any atom is -0.496 e. The zero-order valence-electron chi connectivity index (χ0n) is 15.3. The first kappa shape index (κ1) is 17.7. The minimum atomic E-state index is -0.539. The minimum absolute atomic E-state index is 0.306. The standard InChI is InChI=1S/C10H7N5O2.C10H12O/c16-9-6(5-12-10(17)13-9)7-1-2-8-11-3-4-15(8)14-7;1-11-10-5-3-2-4-9(10)8-6-7-8/h1-5H,(H2,12,13,16,17);2-5,8H,6-7H2,1H3. The average molecular weight is 377 g/mol. The van der Waals surface area contributed by atoms with Gasteiger partial charge in [-0.3, -0.25) is 9.78 Å². The van der Waals surface area contributed by atoms with Crippen LogP contribution in [0.25, 0.3) is 16.9 Å². The smallest absolute Gasteiger partial charge is 0.325 e. The van der Waals surface area contributed by atoms with Crippen LogP contribution in [0.1, 0.15) is 24.3 Å². The number of fused-ring (bicyclic) bond motifs is 1. The number of ether oxygens (including phenoxy) is 1. The van der Waals surface area contributed by atoms with Crippen LogP contribution in [0, 0.1) is 0 Å². The molecule has 8 heteroatoms. The molecule has 1 aliphatic rings. The maximum absolute atomic E-state index is 11.6. The Labute approximate surface area is 159 Å². The van der Waals surface area contributed by atoms with E-state index in [0.29, 0.717) is 16.9 Å². The molecule has 0 atom stereocenters. The molecule has 0 aliphatic heterocycles. The van der Waals surface area contributed by atoms with E-state index in [1.807, 2.05) is 12.1 Å². The number of methoxy groups -OCH3 is 1.